The number of hydrogen-bond acceptors (Lipinski definition) is 4. The van der Waals surface area contributed by atoms with Gasteiger partial charge in [0, 0.05) is 4.88 Å². The van der Waals surface area contributed by atoms with Gasteiger partial charge in [-0.2, -0.15) is 0 Å². The van der Waals surface area contributed by atoms with E-state index in [-0.39, 0.29) is 35.6 Å². The van der Waals surface area contributed by atoms with E-state index in [1.165, 1.54) is 4.88 Å². The number of hydrogen-bond donors (Lipinski definition) is 0. The van der Waals surface area contributed by atoms with Crippen molar-refractivity contribution >= 4 is 22.9 Å². The second kappa shape index (κ2) is 4.00. The average Bonchev–Trinajstić information content (AvgIpc) is 3.14. The summed E-state index contributed by atoms with van der Waals surface area (Å²) in [7, 11) is 0. The summed E-state index contributed by atoms with van der Waals surface area (Å²) >= 11 is 1.65. The molecule has 4 heteroatoms. The number of carbonyl (C=O) groups excluding carboxylic acids is 2. The molecule has 0 amide bonds. The van der Waals surface area contributed by atoms with Crippen molar-refractivity contribution in [1.29, 1.82) is 0 Å². The van der Waals surface area contributed by atoms with Crippen LogP contribution in [0.4, 0.5) is 0 Å². The summed E-state index contributed by atoms with van der Waals surface area (Å²) in [4.78, 5) is 26.5. The molecule has 3 fully saturated rings. The maximum Gasteiger partial charge on any atom is 0.154 e. The SMILES string of the molecule is CCc1sccc1C1C(=O)[C@@H]2[C@H](C1=O)[C@@H]1CC[C@H]2O1. The Hall–Kier alpha value is -1.00. The van der Waals surface area contributed by atoms with E-state index in [4.69, 9.17) is 4.74 Å². The maximum absolute atomic E-state index is 12.7. The van der Waals surface area contributed by atoms with Crippen LogP contribution in [0.25, 0.3) is 0 Å². The Morgan fingerprint density at radius 1 is 1.21 bits per heavy atom. The average molecular weight is 276 g/mol. The van der Waals surface area contributed by atoms with Crippen molar-refractivity contribution in [3.8, 4) is 0 Å². The van der Waals surface area contributed by atoms with E-state index in [1.54, 1.807) is 11.3 Å². The van der Waals surface area contributed by atoms with Crippen LogP contribution in [0.5, 0.6) is 0 Å². The van der Waals surface area contributed by atoms with Gasteiger partial charge in [0.15, 0.2) is 11.6 Å². The predicted octanol–water partition coefficient (Wildman–Crippen LogP) is 2.34. The predicted molar refractivity (Wildman–Crippen MR) is 71.3 cm³/mol. The van der Waals surface area contributed by atoms with Crippen molar-refractivity contribution in [2.24, 2.45) is 11.8 Å². The molecular formula is C15H16O3S. The first kappa shape index (κ1) is 11.8. The Kier molecular flexibility index (Phi) is 2.48. The maximum atomic E-state index is 12.7. The quantitative estimate of drug-likeness (QED) is 0.779. The third-order valence-electron chi connectivity index (χ3n) is 4.91. The fourth-order valence-corrected chi connectivity index (χ4v) is 4.99. The van der Waals surface area contributed by atoms with Crippen LogP contribution < -0.4 is 0 Å². The van der Waals surface area contributed by atoms with E-state index >= 15 is 0 Å². The summed E-state index contributed by atoms with van der Waals surface area (Å²) in [5.41, 5.74) is 0.969. The molecule has 3 nitrogen and oxygen atoms in total. The minimum atomic E-state index is -0.497. The highest BCUT2D eigenvalue weighted by Crippen LogP contribution is 2.52. The van der Waals surface area contributed by atoms with Gasteiger partial charge in [-0.25, -0.2) is 0 Å². The highest BCUT2D eigenvalue weighted by Gasteiger charge is 2.63. The van der Waals surface area contributed by atoms with Crippen LogP contribution in [-0.4, -0.2) is 23.8 Å². The largest absolute Gasteiger partial charge is 0.373 e. The molecule has 0 spiro atoms. The third-order valence-corrected chi connectivity index (χ3v) is 5.99. The summed E-state index contributed by atoms with van der Waals surface area (Å²) in [6.07, 6.45) is 2.81. The van der Waals surface area contributed by atoms with Gasteiger partial charge in [0.25, 0.3) is 0 Å². The van der Waals surface area contributed by atoms with E-state index in [0.29, 0.717) is 0 Å². The van der Waals surface area contributed by atoms with E-state index in [0.717, 1.165) is 24.8 Å². The first-order valence-corrected chi connectivity index (χ1v) is 7.89. The van der Waals surface area contributed by atoms with Gasteiger partial charge in [-0.15, -0.1) is 11.3 Å². The molecule has 2 saturated heterocycles. The van der Waals surface area contributed by atoms with Gasteiger partial charge in [0.2, 0.25) is 0 Å². The number of rotatable bonds is 2. The van der Waals surface area contributed by atoms with E-state index in [1.807, 2.05) is 11.4 Å². The highest BCUT2D eigenvalue weighted by molar-refractivity contribution is 7.10. The van der Waals surface area contributed by atoms with Crippen molar-refractivity contribution in [1.82, 2.24) is 0 Å². The van der Waals surface area contributed by atoms with Crippen LogP contribution >= 0.6 is 11.3 Å². The normalized spacial score (nSPS) is 40.2. The lowest BCUT2D eigenvalue weighted by molar-refractivity contribution is -0.127. The summed E-state index contributed by atoms with van der Waals surface area (Å²) in [5.74, 6) is -0.560. The van der Waals surface area contributed by atoms with Crippen LogP contribution in [0.1, 0.15) is 36.1 Å². The first-order chi connectivity index (χ1) is 9.22. The van der Waals surface area contributed by atoms with Gasteiger partial charge < -0.3 is 4.74 Å². The molecule has 100 valence electrons. The first-order valence-electron chi connectivity index (χ1n) is 7.01. The van der Waals surface area contributed by atoms with Gasteiger partial charge in [-0.1, -0.05) is 6.92 Å². The number of carbonyl (C=O) groups is 2. The molecule has 2 aliphatic heterocycles. The lowest BCUT2D eigenvalue weighted by atomic mass is 9.81. The minimum absolute atomic E-state index is 0.0140. The lowest BCUT2D eigenvalue weighted by Crippen LogP contribution is -2.29. The molecule has 3 aliphatic rings. The molecule has 1 aromatic heterocycles. The van der Waals surface area contributed by atoms with Crippen LogP contribution in [-0.2, 0) is 20.7 Å². The zero-order chi connectivity index (χ0) is 13.1. The van der Waals surface area contributed by atoms with E-state index < -0.39 is 5.92 Å². The summed E-state index contributed by atoms with van der Waals surface area (Å²) in [5, 5.41) is 1.99. The van der Waals surface area contributed by atoms with Gasteiger partial charge in [0.05, 0.1) is 24.0 Å². The number of aryl methyl sites for hydroxylation is 1. The smallest absolute Gasteiger partial charge is 0.154 e. The van der Waals surface area contributed by atoms with Crippen LogP contribution in [0.15, 0.2) is 11.4 Å². The van der Waals surface area contributed by atoms with Crippen LogP contribution in [0.3, 0.4) is 0 Å². The topological polar surface area (TPSA) is 43.4 Å². The molecule has 0 radical (unpaired) electrons. The number of thiophene rings is 1. The molecule has 1 aliphatic carbocycles. The van der Waals surface area contributed by atoms with Crippen molar-refractivity contribution in [2.45, 2.75) is 44.3 Å². The highest BCUT2D eigenvalue weighted by atomic mass is 32.1. The Labute approximate surface area is 116 Å². The number of Topliss-reactive ketones (excluding diaryl/α,β-unsaturated/α-hetero) is 2. The van der Waals surface area contributed by atoms with Gasteiger partial charge >= 0.3 is 0 Å². The molecule has 2 bridgehead atoms. The fourth-order valence-electron chi connectivity index (χ4n) is 4.13. The molecule has 0 aromatic carbocycles. The second-order valence-electron chi connectivity index (χ2n) is 5.73. The minimum Gasteiger partial charge on any atom is -0.373 e. The van der Waals surface area contributed by atoms with E-state index in [9.17, 15) is 9.59 Å². The van der Waals surface area contributed by atoms with Crippen molar-refractivity contribution in [3.05, 3.63) is 21.9 Å². The van der Waals surface area contributed by atoms with Crippen molar-refractivity contribution in [3.63, 3.8) is 0 Å². The van der Waals surface area contributed by atoms with Gasteiger partial charge in [-0.05, 0) is 36.3 Å². The molecule has 1 unspecified atom stereocenters. The van der Waals surface area contributed by atoms with E-state index in [2.05, 4.69) is 6.92 Å². The number of ketones is 2. The monoisotopic (exact) mass is 276 g/mol. The summed E-state index contributed by atoms with van der Waals surface area (Å²) < 4.78 is 5.76. The molecule has 1 saturated carbocycles. The van der Waals surface area contributed by atoms with Crippen molar-refractivity contribution in [2.75, 3.05) is 0 Å². The summed E-state index contributed by atoms with van der Waals surface area (Å²) in [6.45, 7) is 2.08. The summed E-state index contributed by atoms with van der Waals surface area (Å²) in [6, 6.07) is 1.97. The Balaban J connectivity index is 1.75. The third kappa shape index (κ3) is 1.41. The molecule has 0 N–H and O–H groups in total. The molecule has 19 heavy (non-hydrogen) atoms. The van der Waals surface area contributed by atoms with Crippen LogP contribution in [0.2, 0.25) is 0 Å². The zero-order valence-electron chi connectivity index (χ0n) is 10.8. The molecule has 1 aromatic rings. The zero-order valence-corrected chi connectivity index (χ0v) is 11.6. The molecular weight excluding hydrogens is 260 g/mol. The van der Waals surface area contributed by atoms with Crippen molar-refractivity contribution < 1.29 is 14.3 Å². The number of fused-ring (bicyclic) bond motifs is 5. The fraction of sp³-hybridized carbons (Fsp3) is 0.600. The molecule has 3 heterocycles. The van der Waals surface area contributed by atoms with Crippen LogP contribution in [0, 0.1) is 11.8 Å². The molecule has 5 atom stereocenters. The Morgan fingerprint density at radius 3 is 2.42 bits per heavy atom. The standard InChI is InChI=1S/C15H16O3S/c1-2-10-7(5-6-19-10)11-14(16)12-8-3-4-9(18-8)13(12)15(11)17/h5-6,8-9,11-13H,2-4H2,1H3/t8-,9+,11?,12+,13-. The Bertz CT molecular complexity index is 533. The van der Waals surface area contributed by atoms with Gasteiger partial charge in [-0.3, -0.25) is 9.59 Å². The van der Waals surface area contributed by atoms with Gasteiger partial charge in [0.1, 0.15) is 5.92 Å². The Morgan fingerprint density at radius 2 is 1.84 bits per heavy atom. The number of ether oxygens (including phenoxy) is 1. The second-order valence-corrected chi connectivity index (χ2v) is 6.73. The lowest BCUT2D eigenvalue weighted by Gasteiger charge is -2.16. The molecule has 4 rings (SSSR count).